The summed E-state index contributed by atoms with van der Waals surface area (Å²) >= 11 is 0. The molecule has 0 unspecified atom stereocenters. The largest absolute Gasteiger partial charge is 0.481 e. The maximum Gasteiger partial charge on any atom is 0.303 e. The summed E-state index contributed by atoms with van der Waals surface area (Å²) in [6.45, 7) is 2.24. The second-order valence-electron chi connectivity index (χ2n) is 5.73. The number of rotatable bonds is 15. The van der Waals surface area contributed by atoms with Gasteiger partial charge < -0.3 is 5.11 Å². The fourth-order valence-electron chi connectivity index (χ4n) is 2.29. The maximum atomic E-state index is 11.5. The van der Waals surface area contributed by atoms with Crippen molar-refractivity contribution in [3.05, 3.63) is 12.2 Å². The molecule has 0 aromatic heterocycles. The van der Waals surface area contributed by atoms with Gasteiger partial charge in [0.1, 0.15) is 0 Å². The van der Waals surface area contributed by atoms with E-state index in [-0.39, 0.29) is 12.2 Å². The molecule has 21 heavy (non-hydrogen) atoms. The molecule has 0 aromatic carbocycles. The molecule has 0 amide bonds. The van der Waals surface area contributed by atoms with Crippen LogP contribution in [0.4, 0.5) is 0 Å². The highest BCUT2D eigenvalue weighted by Gasteiger charge is 1.98. The third-order valence-corrected chi connectivity index (χ3v) is 3.61. The number of carbonyl (C=O) groups excluding carboxylic acids is 1. The summed E-state index contributed by atoms with van der Waals surface area (Å²) in [5, 5.41) is 8.46. The molecule has 0 aliphatic heterocycles. The van der Waals surface area contributed by atoms with Crippen molar-refractivity contribution >= 4 is 11.8 Å². The number of carbonyl (C=O) groups is 2. The van der Waals surface area contributed by atoms with Crippen molar-refractivity contribution in [1.82, 2.24) is 0 Å². The quantitative estimate of drug-likeness (QED) is 0.330. The normalized spacial score (nSPS) is 11.1. The van der Waals surface area contributed by atoms with E-state index < -0.39 is 5.97 Å². The van der Waals surface area contributed by atoms with Crippen molar-refractivity contribution in [2.75, 3.05) is 0 Å². The van der Waals surface area contributed by atoms with Crippen LogP contribution >= 0.6 is 0 Å². The predicted molar refractivity (Wildman–Crippen MR) is 87.5 cm³/mol. The number of carboxylic acids is 1. The molecule has 0 radical (unpaired) electrons. The van der Waals surface area contributed by atoms with Crippen molar-refractivity contribution in [3.63, 3.8) is 0 Å². The smallest absolute Gasteiger partial charge is 0.303 e. The van der Waals surface area contributed by atoms with Gasteiger partial charge in [0.05, 0.1) is 0 Å². The number of ketones is 1. The van der Waals surface area contributed by atoms with Gasteiger partial charge in [0.25, 0.3) is 0 Å². The monoisotopic (exact) mass is 296 g/mol. The van der Waals surface area contributed by atoms with Crippen molar-refractivity contribution in [1.29, 1.82) is 0 Å². The van der Waals surface area contributed by atoms with Crippen LogP contribution in [0.15, 0.2) is 12.2 Å². The summed E-state index contributed by atoms with van der Waals surface area (Å²) in [6.07, 6.45) is 17.0. The zero-order valence-corrected chi connectivity index (χ0v) is 13.6. The standard InChI is InChI=1S/C18H32O3/c1-2-3-4-5-6-7-8-9-10-11-14-17(19)15-12-13-16-18(20)21/h12,15H,2-11,13-14,16H2,1H3,(H,20,21)/b15-12+. The lowest BCUT2D eigenvalue weighted by Crippen LogP contribution is -1.94. The fraction of sp³-hybridized carbons (Fsp3) is 0.778. The van der Waals surface area contributed by atoms with E-state index in [1.807, 2.05) is 0 Å². The van der Waals surface area contributed by atoms with Gasteiger partial charge in [-0.1, -0.05) is 70.8 Å². The molecular formula is C18H32O3. The SMILES string of the molecule is CCCCCCCCCCCCC(=O)/C=C/CCC(=O)O. The second kappa shape index (κ2) is 15.3. The zero-order chi connectivity index (χ0) is 15.8. The summed E-state index contributed by atoms with van der Waals surface area (Å²) in [7, 11) is 0. The van der Waals surface area contributed by atoms with Crippen molar-refractivity contribution < 1.29 is 14.7 Å². The second-order valence-corrected chi connectivity index (χ2v) is 5.73. The molecule has 0 spiro atoms. The number of carboxylic acid groups (broad SMARTS) is 1. The van der Waals surface area contributed by atoms with Gasteiger partial charge in [0.2, 0.25) is 0 Å². The Morgan fingerprint density at radius 3 is 1.86 bits per heavy atom. The van der Waals surface area contributed by atoms with Crippen LogP contribution in [-0.4, -0.2) is 16.9 Å². The minimum Gasteiger partial charge on any atom is -0.481 e. The number of hydrogen-bond donors (Lipinski definition) is 1. The summed E-state index contributed by atoms with van der Waals surface area (Å²) in [4.78, 5) is 21.8. The highest BCUT2D eigenvalue weighted by Crippen LogP contribution is 2.11. The molecule has 3 heteroatoms. The maximum absolute atomic E-state index is 11.5. The van der Waals surface area contributed by atoms with E-state index in [4.69, 9.17) is 5.11 Å². The molecule has 0 heterocycles. The molecule has 0 saturated heterocycles. The lowest BCUT2D eigenvalue weighted by atomic mass is 10.0. The average molecular weight is 296 g/mol. The van der Waals surface area contributed by atoms with Crippen molar-refractivity contribution in [2.24, 2.45) is 0 Å². The third kappa shape index (κ3) is 16.8. The van der Waals surface area contributed by atoms with Crippen LogP contribution in [0.5, 0.6) is 0 Å². The van der Waals surface area contributed by atoms with Crippen LogP contribution in [0.3, 0.4) is 0 Å². The molecule has 0 aromatic rings. The van der Waals surface area contributed by atoms with E-state index in [1.54, 1.807) is 6.08 Å². The molecule has 0 saturated carbocycles. The Morgan fingerprint density at radius 2 is 1.33 bits per heavy atom. The Kier molecular flexibility index (Phi) is 14.5. The van der Waals surface area contributed by atoms with E-state index in [0.29, 0.717) is 12.8 Å². The summed E-state index contributed by atoms with van der Waals surface area (Å²) in [5.74, 6) is -0.693. The first kappa shape index (κ1) is 19.9. The van der Waals surface area contributed by atoms with Crippen molar-refractivity contribution in [2.45, 2.75) is 90.4 Å². The van der Waals surface area contributed by atoms with Gasteiger partial charge in [-0.05, 0) is 18.9 Å². The first-order chi connectivity index (χ1) is 10.2. The summed E-state index contributed by atoms with van der Waals surface area (Å²) < 4.78 is 0. The molecule has 3 nitrogen and oxygen atoms in total. The Hall–Kier alpha value is -1.12. The molecule has 0 atom stereocenters. The highest BCUT2D eigenvalue weighted by atomic mass is 16.4. The van der Waals surface area contributed by atoms with E-state index in [1.165, 1.54) is 57.4 Å². The van der Waals surface area contributed by atoms with E-state index in [0.717, 1.165) is 12.8 Å². The van der Waals surface area contributed by atoms with Crippen LogP contribution in [0.1, 0.15) is 90.4 Å². The van der Waals surface area contributed by atoms with E-state index >= 15 is 0 Å². The van der Waals surface area contributed by atoms with Gasteiger partial charge in [-0.15, -0.1) is 0 Å². The van der Waals surface area contributed by atoms with Gasteiger partial charge in [-0.25, -0.2) is 0 Å². The Labute approximate surface area is 129 Å². The van der Waals surface area contributed by atoms with Gasteiger partial charge in [0, 0.05) is 12.8 Å². The minimum absolute atomic E-state index is 0.0992. The molecular weight excluding hydrogens is 264 g/mol. The van der Waals surface area contributed by atoms with Crippen LogP contribution in [0.25, 0.3) is 0 Å². The number of hydrogen-bond acceptors (Lipinski definition) is 2. The predicted octanol–water partition coefficient (Wildman–Crippen LogP) is 5.29. The fourth-order valence-corrected chi connectivity index (χ4v) is 2.29. The van der Waals surface area contributed by atoms with Gasteiger partial charge in [0.15, 0.2) is 5.78 Å². The van der Waals surface area contributed by atoms with Crippen LogP contribution in [0, 0.1) is 0 Å². The molecule has 122 valence electrons. The third-order valence-electron chi connectivity index (χ3n) is 3.61. The first-order valence-electron chi connectivity index (χ1n) is 8.58. The Bertz CT molecular complexity index is 295. The lowest BCUT2D eigenvalue weighted by molar-refractivity contribution is -0.136. The highest BCUT2D eigenvalue weighted by molar-refractivity contribution is 5.89. The minimum atomic E-state index is -0.818. The zero-order valence-electron chi connectivity index (χ0n) is 13.6. The summed E-state index contributed by atoms with van der Waals surface area (Å²) in [6, 6.07) is 0. The number of aliphatic carboxylic acids is 1. The molecule has 0 fully saturated rings. The molecule has 0 rings (SSSR count). The first-order valence-corrected chi connectivity index (χ1v) is 8.58. The van der Waals surface area contributed by atoms with Gasteiger partial charge >= 0.3 is 5.97 Å². The van der Waals surface area contributed by atoms with Crippen LogP contribution < -0.4 is 0 Å². The lowest BCUT2D eigenvalue weighted by Gasteiger charge is -2.01. The van der Waals surface area contributed by atoms with E-state index in [9.17, 15) is 9.59 Å². The topological polar surface area (TPSA) is 54.4 Å². The molecule has 0 aliphatic carbocycles. The number of unbranched alkanes of at least 4 members (excludes halogenated alkanes) is 9. The summed E-state index contributed by atoms with van der Waals surface area (Å²) in [5.41, 5.74) is 0. The van der Waals surface area contributed by atoms with Crippen LogP contribution in [-0.2, 0) is 9.59 Å². The molecule has 0 aliphatic rings. The molecule has 1 N–H and O–H groups in total. The van der Waals surface area contributed by atoms with Gasteiger partial charge in [-0.3, -0.25) is 9.59 Å². The Morgan fingerprint density at radius 1 is 0.810 bits per heavy atom. The molecule has 0 bridgehead atoms. The number of allylic oxidation sites excluding steroid dienone is 2. The van der Waals surface area contributed by atoms with Crippen molar-refractivity contribution in [3.8, 4) is 0 Å². The van der Waals surface area contributed by atoms with E-state index in [2.05, 4.69) is 6.92 Å². The average Bonchev–Trinajstić information content (AvgIpc) is 2.45. The Balaban J connectivity index is 3.26. The van der Waals surface area contributed by atoms with Crippen LogP contribution in [0.2, 0.25) is 0 Å². The van der Waals surface area contributed by atoms with Gasteiger partial charge in [-0.2, -0.15) is 0 Å².